The van der Waals surface area contributed by atoms with Crippen LogP contribution in [0.4, 0.5) is 0 Å². The first-order chi connectivity index (χ1) is 8.99. The van der Waals surface area contributed by atoms with E-state index in [0.717, 1.165) is 0 Å². The van der Waals surface area contributed by atoms with E-state index in [-0.39, 0.29) is 23.5 Å². The summed E-state index contributed by atoms with van der Waals surface area (Å²) < 4.78 is 6.99. The van der Waals surface area contributed by atoms with E-state index < -0.39 is 5.97 Å². The van der Waals surface area contributed by atoms with E-state index >= 15 is 0 Å². The summed E-state index contributed by atoms with van der Waals surface area (Å²) >= 11 is 0. The molecule has 0 bridgehead atoms. The van der Waals surface area contributed by atoms with Crippen molar-refractivity contribution in [2.75, 3.05) is 0 Å². The molecule has 2 N–H and O–H groups in total. The molecule has 2 aromatic rings. The number of carbonyl (C=O) groups is 1. The van der Waals surface area contributed by atoms with Crippen LogP contribution in [-0.4, -0.2) is 25.7 Å². The van der Waals surface area contributed by atoms with E-state index in [1.807, 2.05) is 13.8 Å². The zero-order chi connectivity index (χ0) is 14.0. The zero-order valence-electron chi connectivity index (χ0n) is 10.6. The van der Waals surface area contributed by atoms with Crippen molar-refractivity contribution in [1.29, 1.82) is 0 Å². The summed E-state index contributed by atoms with van der Waals surface area (Å²) in [5.41, 5.74) is 0.0603. The first kappa shape index (κ1) is 12.9. The van der Waals surface area contributed by atoms with Crippen molar-refractivity contribution in [3.8, 4) is 17.5 Å². The Hall–Kier alpha value is -2.50. The molecule has 1 heterocycles. The number of carboxylic acids is 1. The second kappa shape index (κ2) is 5.01. The van der Waals surface area contributed by atoms with Crippen LogP contribution in [-0.2, 0) is 0 Å². The van der Waals surface area contributed by atoms with Crippen LogP contribution in [0, 0.1) is 0 Å². The molecule has 0 aliphatic heterocycles. The van der Waals surface area contributed by atoms with E-state index in [2.05, 4.69) is 4.98 Å². The van der Waals surface area contributed by atoms with Crippen LogP contribution in [0.25, 0.3) is 0 Å². The molecular weight excluding hydrogens is 248 g/mol. The Morgan fingerprint density at radius 3 is 2.74 bits per heavy atom. The maximum atomic E-state index is 11.1. The summed E-state index contributed by atoms with van der Waals surface area (Å²) in [6.45, 7) is 3.67. The summed E-state index contributed by atoms with van der Waals surface area (Å²) in [5.74, 6) is -0.602. The van der Waals surface area contributed by atoms with Crippen molar-refractivity contribution in [2.45, 2.75) is 19.9 Å². The smallest absolute Gasteiger partial charge is 0.354 e. The number of aromatic nitrogens is 2. The first-order valence-electron chi connectivity index (χ1n) is 5.76. The number of aromatic hydroxyl groups is 1. The molecule has 0 saturated carbocycles. The highest BCUT2D eigenvalue weighted by molar-refractivity contribution is 5.85. The average molecular weight is 262 g/mol. The molecule has 0 radical (unpaired) electrons. The number of benzene rings is 1. The number of hydrogen-bond acceptors (Lipinski definition) is 4. The lowest BCUT2D eigenvalue weighted by Crippen LogP contribution is -2.11. The predicted octanol–water partition coefficient (Wildman–Crippen LogP) is 2.66. The Labute approximate surface area is 109 Å². The molecule has 0 amide bonds. The van der Waals surface area contributed by atoms with Gasteiger partial charge in [0.25, 0.3) is 0 Å². The van der Waals surface area contributed by atoms with E-state index in [9.17, 15) is 9.90 Å². The van der Waals surface area contributed by atoms with Crippen LogP contribution in [0.5, 0.6) is 17.5 Å². The Bertz CT molecular complexity index is 604. The van der Waals surface area contributed by atoms with Crippen molar-refractivity contribution in [1.82, 2.24) is 9.55 Å². The highest BCUT2D eigenvalue weighted by atomic mass is 16.5. The van der Waals surface area contributed by atoms with Crippen molar-refractivity contribution in [3.63, 3.8) is 0 Å². The van der Waals surface area contributed by atoms with E-state index in [4.69, 9.17) is 9.84 Å². The van der Waals surface area contributed by atoms with Gasteiger partial charge in [0.15, 0.2) is 0 Å². The van der Waals surface area contributed by atoms with Gasteiger partial charge in [-0.1, -0.05) is 6.07 Å². The molecular formula is C13H14N2O4. The first-order valence-corrected chi connectivity index (χ1v) is 5.76. The fourth-order valence-corrected chi connectivity index (χ4v) is 1.73. The summed E-state index contributed by atoms with van der Waals surface area (Å²) in [5, 5.41) is 18.4. The number of phenols is 1. The van der Waals surface area contributed by atoms with Crippen LogP contribution in [0.2, 0.25) is 0 Å². The lowest BCUT2D eigenvalue weighted by molar-refractivity contribution is 0.0682. The van der Waals surface area contributed by atoms with Gasteiger partial charge in [0, 0.05) is 12.1 Å². The monoisotopic (exact) mass is 262 g/mol. The van der Waals surface area contributed by atoms with Crippen molar-refractivity contribution in [3.05, 3.63) is 36.2 Å². The topological polar surface area (TPSA) is 84.6 Å². The standard InChI is InChI=1S/C13H14N2O4/c1-8(2)15-11(12(17)18)7-14-13(15)19-10-5-3-4-9(16)6-10/h3-8,16H,1-2H3,(H,17,18). The number of carboxylic acid groups (broad SMARTS) is 1. The molecule has 6 nitrogen and oxygen atoms in total. The molecule has 0 fully saturated rings. The SMILES string of the molecule is CC(C)n1c(C(=O)O)cnc1Oc1cccc(O)c1. The molecule has 6 heteroatoms. The maximum Gasteiger partial charge on any atom is 0.354 e. The number of rotatable bonds is 4. The van der Waals surface area contributed by atoms with Gasteiger partial charge in [0.2, 0.25) is 0 Å². The Kier molecular flexibility index (Phi) is 3.41. The number of hydrogen-bond donors (Lipinski definition) is 2. The summed E-state index contributed by atoms with van der Waals surface area (Å²) in [4.78, 5) is 15.1. The van der Waals surface area contributed by atoms with Gasteiger partial charge in [0.1, 0.15) is 17.2 Å². The van der Waals surface area contributed by atoms with Crippen LogP contribution in [0.1, 0.15) is 30.4 Å². The number of imidazole rings is 1. The lowest BCUT2D eigenvalue weighted by atomic mass is 10.3. The van der Waals surface area contributed by atoms with E-state index in [1.165, 1.54) is 22.9 Å². The molecule has 0 unspecified atom stereocenters. The molecule has 2 rings (SSSR count). The number of phenolic OH excluding ortho intramolecular Hbond substituents is 1. The van der Waals surface area contributed by atoms with Crippen molar-refractivity contribution >= 4 is 5.97 Å². The molecule has 0 spiro atoms. The molecule has 0 saturated heterocycles. The fraction of sp³-hybridized carbons (Fsp3) is 0.231. The maximum absolute atomic E-state index is 11.1. The third kappa shape index (κ3) is 2.67. The number of aromatic carboxylic acids is 1. The van der Waals surface area contributed by atoms with Gasteiger partial charge in [0.05, 0.1) is 6.20 Å². The quantitative estimate of drug-likeness (QED) is 0.884. The zero-order valence-corrected chi connectivity index (χ0v) is 10.6. The Morgan fingerprint density at radius 2 is 2.16 bits per heavy atom. The molecule has 1 aromatic heterocycles. The number of nitrogens with zero attached hydrogens (tertiary/aromatic N) is 2. The summed E-state index contributed by atoms with van der Waals surface area (Å²) in [7, 11) is 0. The second-order valence-corrected chi connectivity index (χ2v) is 4.29. The van der Waals surface area contributed by atoms with E-state index in [1.54, 1.807) is 12.1 Å². The summed E-state index contributed by atoms with van der Waals surface area (Å²) in [6, 6.07) is 6.30. The fourth-order valence-electron chi connectivity index (χ4n) is 1.73. The third-order valence-electron chi connectivity index (χ3n) is 2.53. The molecule has 0 aliphatic carbocycles. The van der Waals surface area contributed by atoms with Crippen molar-refractivity contribution in [2.24, 2.45) is 0 Å². The van der Waals surface area contributed by atoms with Crippen LogP contribution < -0.4 is 4.74 Å². The third-order valence-corrected chi connectivity index (χ3v) is 2.53. The minimum atomic E-state index is -1.06. The average Bonchev–Trinajstić information content (AvgIpc) is 2.73. The molecule has 0 atom stereocenters. The minimum Gasteiger partial charge on any atom is -0.508 e. The van der Waals surface area contributed by atoms with Gasteiger partial charge in [-0.2, -0.15) is 0 Å². The highest BCUT2D eigenvalue weighted by Gasteiger charge is 2.19. The highest BCUT2D eigenvalue weighted by Crippen LogP contribution is 2.27. The van der Waals surface area contributed by atoms with Gasteiger partial charge in [-0.05, 0) is 26.0 Å². The normalized spacial score (nSPS) is 10.7. The molecule has 0 aliphatic rings. The largest absolute Gasteiger partial charge is 0.508 e. The molecule has 100 valence electrons. The Morgan fingerprint density at radius 1 is 1.42 bits per heavy atom. The lowest BCUT2D eigenvalue weighted by Gasteiger charge is -2.13. The van der Waals surface area contributed by atoms with Crippen molar-refractivity contribution < 1.29 is 19.7 Å². The van der Waals surface area contributed by atoms with Crippen LogP contribution >= 0.6 is 0 Å². The van der Waals surface area contributed by atoms with Gasteiger partial charge in [-0.3, -0.25) is 4.57 Å². The summed E-state index contributed by atoms with van der Waals surface area (Å²) in [6.07, 6.45) is 1.25. The predicted molar refractivity (Wildman–Crippen MR) is 67.8 cm³/mol. The Balaban J connectivity index is 2.38. The van der Waals surface area contributed by atoms with Gasteiger partial charge < -0.3 is 14.9 Å². The minimum absolute atomic E-state index is 0.0603. The molecule has 19 heavy (non-hydrogen) atoms. The van der Waals surface area contributed by atoms with Gasteiger partial charge in [-0.25, -0.2) is 9.78 Å². The van der Waals surface area contributed by atoms with Gasteiger partial charge >= 0.3 is 12.0 Å². The molecule has 1 aromatic carbocycles. The van der Waals surface area contributed by atoms with Crippen LogP contribution in [0.15, 0.2) is 30.5 Å². The number of ether oxygens (including phenoxy) is 1. The van der Waals surface area contributed by atoms with E-state index in [0.29, 0.717) is 5.75 Å². The van der Waals surface area contributed by atoms with Crippen LogP contribution in [0.3, 0.4) is 0 Å². The second-order valence-electron chi connectivity index (χ2n) is 4.29. The van der Waals surface area contributed by atoms with Gasteiger partial charge in [-0.15, -0.1) is 0 Å².